The van der Waals surface area contributed by atoms with Crippen LogP contribution in [0.5, 0.6) is 5.75 Å². The highest BCUT2D eigenvalue weighted by molar-refractivity contribution is 9.10. The van der Waals surface area contributed by atoms with Gasteiger partial charge < -0.3 is 9.47 Å². The Kier molecular flexibility index (Phi) is 7.27. The third-order valence-corrected chi connectivity index (χ3v) is 7.46. The first kappa shape index (κ1) is 22.5. The molecule has 1 fully saturated rings. The molecule has 0 radical (unpaired) electrons. The predicted molar refractivity (Wildman–Crippen MR) is 114 cm³/mol. The van der Waals surface area contributed by atoms with Gasteiger partial charge in [0.25, 0.3) is 0 Å². The predicted octanol–water partition coefficient (Wildman–Crippen LogP) is 3.67. The molecule has 0 atom stereocenters. The van der Waals surface area contributed by atoms with E-state index in [9.17, 15) is 18.0 Å². The van der Waals surface area contributed by atoms with Crippen molar-refractivity contribution in [3.05, 3.63) is 58.1 Å². The highest BCUT2D eigenvalue weighted by atomic mass is 79.9. The molecule has 1 aliphatic heterocycles. The van der Waals surface area contributed by atoms with Crippen LogP contribution in [0, 0.1) is 0 Å². The third-order valence-electron chi connectivity index (χ3n) is 4.86. The van der Waals surface area contributed by atoms with E-state index in [4.69, 9.17) is 9.47 Å². The van der Waals surface area contributed by atoms with Crippen molar-refractivity contribution in [2.24, 2.45) is 0 Å². The zero-order valence-corrected chi connectivity index (χ0v) is 18.9. The average molecular weight is 496 g/mol. The number of esters is 1. The lowest BCUT2D eigenvalue weighted by Gasteiger charge is -2.25. The van der Waals surface area contributed by atoms with Crippen molar-refractivity contribution < 1.29 is 27.5 Å². The SMILES string of the molecule is COc1ccc(Br)c(C(=O)OCC(=O)c2ccc(S(=O)(=O)N3CCCCC3)cc2)c1. The molecular weight excluding hydrogens is 474 g/mol. The van der Waals surface area contributed by atoms with E-state index in [0.29, 0.717) is 23.3 Å². The molecule has 0 bridgehead atoms. The molecule has 0 amide bonds. The Hall–Kier alpha value is -2.23. The molecule has 1 saturated heterocycles. The van der Waals surface area contributed by atoms with Gasteiger partial charge in [-0.05, 0) is 71.2 Å². The summed E-state index contributed by atoms with van der Waals surface area (Å²) in [5.41, 5.74) is 0.509. The van der Waals surface area contributed by atoms with E-state index >= 15 is 0 Å². The fourth-order valence-electron chi connectivity index (χ4n) is 3.15. The molecule has 0 aliphatic carbocycles. The Morgan fingerprint density at radius 3 is 2.33 bits per heavy atom. The smallest absolute Gasteiger partial charge is 0.339 e. The first-order valence-electron chi connectivity index (χ1n) is 9.47. The fourth-order valence-corrected chi connectivity index (χ4v) is 5.07. The van der Waals surface area contributed by atoms with Gasteiger partial charge in [-0.15, -0.1) is 0 Å². The number of sulfonamides is 1. The molecule has 1 heterocycles. The minimum atomic E-state index is -3.56. The lowest BCUT2D eigenvalue weighted by Crippen LogP contribution is -2.35. The molecule has 9 heteroatoms. The van der Waals surface area contributed by atoms with Gasteiger partial charge in [-0.1, -0.05) is 6.42 Å². The monoisotopic (exact) mass is 495 g/mol. The van der Waals surface area contributed by atoms with Crippen LogP contribution in [0.1, 0.15) is 40.0 Å². The lowest BCUT2D eigenvalue weighted by atomic mass is 10.1. The second kappa shape index (κ2) is 9.72. The van der Waals surface area contributed by atoms with E-state index < -0.39 is 28.4 Å². The van der Waals surface area contributed by atoms with Crippen molar-refractivity contribution in [1.29, 1.82) is 0 Å². The number of methoxy groups -OCH3 is 1. The van der Waals surface area contributed by atoms with Crippen molar-refractivity contribution in [3.63, 3.8) is 0 Å². The van der Waals surface area contributed by atoms with Crippen LogP contribution in [-0.4, -0.2) is 51.3 Å². The fraction of sp³-hybridized carbons (Fsp3) is 0.333. The number of carbonyl (C=O) groups is 2. The van der Waals surface area contributed by atoms with Crippen LogP contribution in [0.25, 0.3) is 0 Å². The summed E-state index contributed by atoms with van der Waals surface area (Å²) in [6.07, 6.45) is 2.74. The van der Waals surface area contributed by atoms with Crippen LogP contribution in [0.4, 0.5) is 0 Å². The van der Waals surface area contributed by atoms with Gasteiger partial charge in [0.05, 0.1) is 17.6 Å². The number of piperidine rings is 1. The zero-order chi connectivity index (χ0) is 21.7. The minimum absolute atomic E-state index is 0.151. The third kappa shape index (κ3) is 5.08. The van der Waals surface area contributed by atoms with Gasteiger partial charge in [0.15, 0.2) is 12.4 Å². The number of rotatable bonds is 7. The molecule has 0 unspecified atom stereocenters. The molecule has 3 rings (SSSR count). The maximum absolute atomic E-state index is 12.7. The molecule has 0 saturated carbocycles. The summed E-state index contributed by atoms with van der Waals surface area (Å²) >= 11 is 3.27. The van der Waals surface area contributed by atoms with Crippen LogP contribution in [0.3, 0.4) is 0 Å². The second-order valence-electron chi connectivity index (χ2n) is 6.83. The van der Waals surface area contributed by atoms with Gasteiger partial charge in [-0.25, -0.2) is 13.2 Å². The average Bonchev–Trinajstić information content (AvgIpc) is 2.78. The van der Waals surface area contributed by atoms with Crippen LogP contribution < -0.4 is 4.74 Å². The van der Waals surface area contributed by atoms with Gasteiger partial charge in [-0.3, -0.25) is 4.79 Å². The molecule has 30 heavy (non-hydrogen) atoms. The maximum Gasteiger partial charge on any atom is 0.339 e. The van der Waals surface area contributed by atoms with E-state index in [0.717, 1.165) is 19.3 Å². The van der Waals surface area contributed by atoms with Crippen molar-refractivity contribution in [2.75, 3.05) is 26.8 Å². The van der Waals surface area contributed by atoms with E-state index in [2.05, 4.69) is 15.9 Å². The lowest BCUT2D eigenvalue weighted by molar-refractivity contribution is 0.0473. The quantitative estimate of drug-likeness (QED) is 0.429. The second-order valence-corrected chi connectivity index (χ2v) is 9.63. The summed E-state index contributed by atoms with van der Waals surface area (Å²) < 4.78 is 37.6. The standard InChI is InChI=1S/C21H22BrNO6S/c1-28-16-7-10-19(22)18(13-16)21(25)29-14-20(24)15-5-8-17(9-6-15)30(26,27)23-11-3-2-4-12-23/h5-10,13H,2-4,11-12,14H2,1H3. The number of Topliss-reactive ketones (excluding diaryl/α,β-unsaturated/α-hetero) is 1. The zero-order valence-electron chi connectivity index (χ0n) is 16.5. The van der Waals surface area contributed by atoms with E-state index in [1.807, 2.05) is 0 Å². The van der Waals surface area contributed by atoms with Gasteiger partial charge in [0.1, 0.15) is 5.75 Å². The number of carbonyl (C=O) groups excluding carboxylic acids is 2. The Morgan fingerprint density at radius 2 is 1.70 bits per heavy atom. The van der Waals surface area contributed by atoms with E-state index in [1.54, 1.807) is 12.1 Å². The normalized spacial score (nSPS) is 14.9. The minimum Gasteiger partial charge on any atom is -0.497 e. The number of benzene rings is 2. The van der Waals surface area contributed by atoms with Gasteiger partial charge in [0, 0.05) is 23.1 Å². The summed E-state index contributed by atoms with van der Waals surface area (Å²) in [7, 11) is -2.07. The van der Waals surface area contributed by atoms with Gasteiger partial charge in [-0.2, -0.15) is 4.31 Å². The number of ether oxygens (including phenoxy) is 2. The first-order valence-corrected chi connectivity index (χ1v) is 11.7. The summed E-state index contributed by atoms with van der Waals surface area (Å²) in [5.74, 6) is -0.607. The van der Waals surface area contributed by atoms with Gasteiger partial charge >= 0.3 is 5.97 Å². The van der Waals surface area contributed by atoms with Crippen LogP contribution in [0.2, 0.25) is 0 Å². The van der Waals surface area contributed by atoms with Crippen molar-refractivity contribution in [2.45, 2.75) is 24.2 Å². The highest BCUT2D eigenvalue weighted by Gasteiger charge is 2.26. The molecule has 7 nitrogen and oxygen atoms in total. The van der Waals surface area contributed by atoms with Crippen LogP contribution in [0.15, 0.2) is 51.8 Å². The van der Waals surface area contributed by atoms with Crippen molar-refractivity contribution >= 4 is 37.7 Å². The first-order chi connectivity index (χ1) is 14.3. The number of nitrogens with zero attached hydrogens (tertiary/aromatic N) is 1. The molecule has 2 aromatic carbocycles. The summed E-state index contributed by atoms with van der Waals surface area (Å²) in [5, 5.41) is 0. The highest BCUT2D eigenvalue weighted by Crippen LogP contribution is 2.24. The molecule has 160 valence electrons. The molecule has 0 spiro atoms. The molecule has 2 aromatic rings. The van der Waals surface area contributed by atoms with Crippen LogP contribution >= 0.6 is 15.9 Å². The van der Waals surface area contributed by atoms with Crippen molar-refractivity contribution in [1.82, 2.24) is 4.31 Å². The Morgan fingerprint density at radius 1 is 1.03 bits per heavy atom. The van der Waals surface area contributed by atoms with Gasteiger partial charge in [0.2, 0.25) is 10.0 Å². The Labute approximate surface area is 184 Å². The number of halogens is 1. The van der Waals surface area contributed by atoms with Crippen LogP contribution in [-0.2, 0) is 14.8 Å². The molecular formula is C21H22BrNO6S. The Balaban J connectivity index is 1.64. The summed E-state index contributed by atoms with van der Waals surface area (Å²) in [6.45, 7) is 0.568. The Bertz CT molecular complexity index is 1030. The molecule has 1 aliphatic rings. The maximum atomic E-state index is 12.7. The number of hydrogen-bond donors (Lipinski definition) is 0. The number of hydrogen-bond acceptors (Lipinski definition) is 6. The summed E-state index contributed by atoms with van der Waals surface area (Å²) in [4.78, 5) is 24.8. The summed E-state index contributed by atoms with van der Waals surface area (Å²) in [6, 6.07) is 10.6. The largest absolute Gasteiger partial charge is 0.497 e. The number of ketones is 1. The van der Waals surface area contributed by atoms with E-state index in [1.165, 1.54) is 41.7 Å². The topological polar surface area (TPSA) is 90.0 Å². The molecule has 0 N–H and O–H groups in total. The molecule has 0 aromatic heterocycles. The van der Waals surface area contributed by atoms with E-state index in [-0.39, 0.29) is 16.0 Å². The van der Waals surface area contributed by atoms with Crippen molar-refractivity contribution in [3.8, 4) is 5.75 Å².